The van der Waals surface area contributed by atoms with Crippen LogP contribution in [0.2, 0.25) is 0 Å². The van der Waals surface area contributed by atoms with Crippen LogP contribution in [0.15, 0.2) is 0 Å². The Balaban J connectivity index is 1.78. The summed E-state index contributed by atoms with van der Waals surface area (Å²) in [5.41, 5.74) is 0. The first-order chi connectivity index (χ1) is 8.29. The number of nitrogens with zero attached hydrogens (tertiary/aromatic N) is 2. The molecule has 0 bridgehead atoms. The van der Waals surface area contributed by atoms with Crippen LogP contribution in [-0.4, -0.2) is 68.8 Å². The Morgan fingerprint density at radius 1 is 1.35 bits per heavy atom. The van der Waals surface area contributed by atoms with E-state index in [4.69, 9.17) is 4.74 Å². The molecule has 1 atom stereocenters. The highest BCUT2D eigenvalue weighted by Gasteiger charge is 2.25. The Bertz CT molecular complexity index is 254. The molecule has 0 aromatic rings. The maximum atomic E-state index is 11.5. The molecule has 5 nitrogen and oxygen atoms in total. The Morgan fingerprint density at radius 3 is 2.82 bits per heavy atom. The number of hydrogen-bond donors (Lipinski definition) is 1. The van der Waals surface area contributed by atoms with E-state index in [0.717, 1.165) is 52.2 Å². The van der Waals surface area contributed by atoms with Gasteiger partial charge in [0.2, 0.25) is 0 Å². The van der Waals surface area contributed by atoms with Crippen LogP contribution in [0.3, 0.4) is 0 Å². The second-order valence-electron chi connectivity index (χ2n) is 4.97. The van der Waals surface area contributed by atoms with Crippen LogP contribution in [-0.2, 0) is 4.74 Å². The molecule has 1 amide bonds. The lowest BCUT2D eigenvalue weighted by molar-refractivity contribution is 0.0900. The Morgan fingerprint density at radius 2 is 2.12 bits per heavy atom. The number of carbonyl (C=O) groups is 1. The van der Waals surface area contributed by atoms with Gasteiger partial charge < -0.3 is 19.9 Å². The molecule has 0 aromatic carbocycles. The summed E-state index contributed by atoms with van der Waals surface area (Å²) < 4.78 is 4.79. The van der Waals surface area contributed by atoms with Gasteiger partial charge in [0.15, 0.2) is 0 Å². The Hall–Kier alpha value is -0.810. The summed E-state index contributed by atoms with van der Waals surface area (Å²) in [5.74, 6) is 0.612. The van der Waals surface area contributed by atoms with Gasteiger partial charge in [-0.1, -0.05) is 0 Å². The summed E-state index contributed by atoms with van der Waals surface area (Å²) in [6.07, 6.45) is 2.17. The topological polar surface area (TPSA) is 44.8 Å². The molecular weight excluding hydrogens is 218 g/mol. The van der Waals surface area contributed by atoms with Gasteiger partial charge in [0.1, 0.15) is 0 Å². The zero-order valence-corrected chi connectivity index (χ0v) is 10.7. The molecular formula is C12H23N3O2. The molecule has 2 saturated heterocycles. The number of amides is 1. The predicted molar refractivity (Wildman–Crippen MR) is 66.0 cm³/mol. The van der Waals surface area contributed by atoms with Crippen molar-refractivity contribution in [3.8, 4) is 0 Å². The maximum absolute atomic E-state index is 11.5. The predicted octanol–water partition coefficient (Wildman–Crippen LogP) is 0.370. The number of ether oxygens (including phenoxy) is 1. The summed E-state index contributed by atoms with van der Waals surface area (Å²) in [7, 11) is 1.46. The largest absolute Gasteiger partial charge is 0.453 e. The van der Waals surface area contributed by atoms with Crippen LogP contribution in [0.25, 0.3) is 0 Å². The third-order valence-corrected chi connectivity index (χ3v) is 3.68. The number of methoxy groups -OCH3 is 1. The van der Waals surface area contributed by atoms with Crippen molar-refractivity contribution in [3.05, 3.63) is 0 Å². The number of piperidine rings is 1. The normalized spacial score (nSPS) is 26.9. The van der Waals surface area contributed by atoms with E-state index < -0.39 is 0 Å². The number of piperazine rings is 1. The molecule has 0 aliphatic carbocycles. The van der Waals surface area contributed by atoms with Crippen LogP contribution >= 0.6 is 0 Å². The molecule has 2 aliphatic rings. The summed E-state index contributed by atoms with van der Waals surface area (Å²) >= 11 is 0. The zero-order chi connectivity index (χ0) is 12.1. The van der Waals surface area contributed by atoms with E-state index in [9.17, 15) is 4.79 Å². The highest BCUT2D eigenvalue weighted by atomic mass is 16.5. The zero-order valence-electron chi connectivity index (χ0n) is 10.7. The number of hydrogen-bond acceptors (Lipinski definition) is 4. The number of nitrogens with one attached hydrogen (secondary N) is 1. The average Bonchev–Trinajstić information content (AvgIpc) is 2.39. The van der Waals surface area contributed by atoms with Gasteiger partial charge in [0, 0.05) is 45.8 Å². The molecule has 0 saturated carbocycles. The molecule has 1 N–H and O–H groups in total. The molecule has 0 spiro atoms. The van der Waals surface area contributed by atoms with Crippen molar-refractivity contribution in [1.29, 1.82) is 0 Å². The number of carbonyl (C=O) groups excluding carboxylic acids is 1. The first-order valence-corrected chi connectivity index (χ1v) is 6.55. The minimum absolute atomic E-state index is 0.171. The first kappa shape index (κ1) is 12.6. The van der Waals surface area contributed by atoms with Crippen molar-refractivity contribution in [3.63, 3.8) is 0 Å². The van der Waals surface area contributed by atoms with Crippen LogP contribution in [0, 0.1) is 5.92 Å². The number of likely N-dealkylation sites (tertiary alicyclic amines) is 1. The molecule has 2 heterocycles. The average molecular weight is 241 g/mol. The van der Waals surface area contributed by atoms with Gasteiger partial charge in [0.25, 0.3) is 0 Å². The molecule has 2 fully saturated rings. The SMILES string of the molecule is COC(=O)N1CCCC(CN2CCNCC2)C1. The summed E-state index contributed by atoms with van der Waals surface area (Å²) in [4.78, 5) is 15.8. The summed E-state index contributed by atoms with van der Waals surface area (Å²) in [6, 6.07) is 0. The fourth-order valence-electron chi connectivity index (χ4n) is 2.77. The summed E-state index contributed by atoms with van der Waals surface area (Å²) in [5, 5.41) is 3.36. The smallest absolute Gasteiger partial charge is 0.409 e. The fraction of sp³-hybridized carbons (Fsp3) is 0.917. The third kappa shape index (κ3) is 3.57. The van der Waals surface area contributed by atoms with Crippen LogP contribution < -0.4 is 5.32 Å². The number of rotatable bonds is 2. The van der Waals surface area contributed by atoms with Crippen molar-refractivity contribution in [1.82, 2.24) is 15.1 Å². The van der Waals surface area contributed by atoms with Gasteiger partial charge in [-0.25, -0.2) is 4.79 Å². The highest BCUT2D eigenvalue weighted by molar-refractivity contribution is 5.67. The van der Waals surface area contributed by atoms with E-state index >= 15 is 0 Å². The Kier molecular flexibility index (Phi) is 4.62. The molecule has 1 unspecified atom stereocenters. The lowest BCUT2D eigenvalue weighted by atomic mass is 9.97. The lowest BCUT2D eigenvalue weighted by Crippen LogP contribution is -2.48. The van der Waals surface area contributed by atoms with E-state index in [1.807, 2.05) is 4.90 Å². The van der Waals surface area contributed by atoms with Gasteiger partial charge in [-0.3, -0.25) is 0 Å². The second kappa shape index (κ2) is 6.21. The quantitative estimate of drug-likeness (QED) is 0.758. The van der Waals surface area contributed by atoms with Crippen molar-refractivity contribution in [2.75, 3.05) is 52.9 Å². The summed E-state index contributed by atoms with van der Waals surface area (Å²) in [6.45, 7) is 7.28. The van der Waals surface area contributed by atoms with Gasteiger partial charge >= 0.3 is 6.09 Å². The molecule has 2 rings (SSSR count). The second-order valence-corrected chi connectivity index (χ2v) is 4.97. The fourth-order valence-corrected chi connectivity index (χ4v) is 2.77. The molecule has 0 radical (unpaired) electrons. The lowest BCUT2D eigenvalue weighted by Gasteiger charge is -2.36. The minimum atomic E-state index is -0.171. The van der Waals surface area contributed by atoms with Crippen molar-refractivity contribution >= 4 is 6.09 Å². The van der Waals surface area contributed by atoms with Gasteiger partial charge in [-0.15, -0.1) is 0 Å². The van der Waals surface area contributed by atoms with Gasteiger partial charge in [0.05, 0.1) is 7.11 Å². The van der Waals surface area contributed by atoms with Gasteiger partial charge in [-0.2, -0.15) is 0 Å². The monoisotopic (exact) mass is 241 g/mol. The standard InChI is InChI=1S/C12H23N3O2/c1-17-12(16)15-6-2-3-11(10-15)9-14-7-4-13-5-8-14/h11,13H,2-10H2,1H3. The van der Waals surface area contributed by atoms with E-state index in [1.54, 1.807) is 0 Å². The van der Waals surface area contributed by atoms with E-state index in [1.165, 1.54) is 13.5 Å². The molecule has 0 aromatic heterocycles. The van der Waals surface area contributed by atoms with Crippen molar-refractivity contribution in [2.24, 2.45) is 5.92 Å². The third-order valence-electron chi connectivity index (χ3n) is 3.68. The van der Waals surface area contributed by atoms with Crippen molar-refractivity contribution < 1.29 is 9.53 Å². The molecule has 2 aliphatic heterocycles. The minimum Gasteiger partial charge on any atom is -0.453 e. The van der Waals surface area contributed by atoms with Crippen LogP contribution in [0.5, 0.6) is 0 Å². The van der Waals surface area contributed by atoms with Gasteiger partial charge in [-0.05, 0) is 18.8 Å². The molecule has 98 valence electrons. The molecule has 17 heavy (non-hydrogen) atoms. The van der Waals surface area contributed by atoms with E-state index in [2.05, 4.69) is 10.2 Å². The maximum Gasteiger partial charge on any atom is 0.409 e. The Labute approximate surface area is 103 Å². The highest BCUT2D eigenvalue weighted by Crippen LogP contribution is 2.18. The van der Waals surface area contributed by atoms with E-state index in [-0.39, 0.29) is 6.09 Å². The molecule has 5 heteroatoms. The van der Waals surface area contributed by atoms with Crippen LogP contribution in [0.4, 0.5) is 4.79 Å². The first-order valence-electron chi connectivity index (χ1n) is 6.55. The van der Waals surface area contributed by atoms with E-state index in [0.29, 0.717) is 5.92 Å². The van der Waals surface area contributed by atoms with Crippen LogP contribution in [0.1, 0.15) is 12.8 Å². The van der Waals surface area contributed by atoms with Crippen molar-refractivity contribution in [2.45, 2.75) is 12.8 Å².